The number of nitrogens with zero attached hydrogens (tertiary/aromatic N) is 4. The summed E-state index contributed by atoms with van der Waals surface area (Å²) in [6.45, 7) is 4.64. The normalized spacial score (nSPS) is 19.3. The fraction of sp³-hybridized carbons (Fsp3) is 0.419. The van der Waals surface area contributed by atoms with Crippen LogP contribution in [0.3, 0.4) is 0 Å². The number of alkyl halides is 3. The number of aromatic nitrogens is 2. The zero-order chi connectivity index (χ0) is 31.5. The molecule has 3 aliphatic rings. The Morgan fingerprint density at radius 2 is 1.95 bits per heavy atom. The summed E-state index contributed by atoms with van der Waals surface area (Å²) in [4.78, 5) is 35.7. The van der Waals surface area contributed by atoms with Crippen molar-refractivity contribution in [3.63, 3.8) is 0 Å². The van der Waals surface area contributed by atoms with E-state index in [-0.39, 0.29) is 29.1 Å². The zero-order valence-corrected chi connectivity index (χ0v) is 24.9. The van der Waals surface area contributed by atoms with Crippen molar-refractivity contribution in [2.45, 2.75) is 50.4 Å². The van der Waals surface area contributed by atoms with Crippen LogP contribution in [0.25, 0.3) is 11.3 Å². The second-order valence-corrected chi connectivity index (χ2v) is 11.3. The van der Waals surface area contributed by atoms with E-state index < -0.39 is 17.2 Å². The minimum absolute atomic E-state index is 0.0368. The molecular formula is C31H33ClF3N5O4. The molecule has 5 heterocycles. The number of piperidine rings is 1. The van der Waals surface area contributed by atoms with Gasteiger partial charge in [0.05, 0.1) is 41.1 Å². The van der Waals surface area contributed by atoms with Crippen LogP contribution in [0, 0.1) is 0 Å². The molecule has 13 heteroatoms. The monoisotopic (exact) mass is 631 g/mol. The van der Waals surface area contributed by atoms with E-state index in [4.69, 9.17) is 31.2 Å². The standard InChI is InChI=1S/C30H31ClF3N5O2.CH2O2/c1-2-41-27-21(4-3-12-36-27)24-7-6-22-25(37-24)18-39(20-9-13-35-17-20)28(40)29(22)10-14-38(15-11-29)26-8-5-19(31)16-23(26)30(32,33)34;2-1-3/h3-8,12,16,20,35H,2,9-11,13-15,17-18H2,1H3;1H,(H,2,3)/t20-;/m0./s1. The molecule has 3 aliphatic heterocycles. The number of rotatable bonds is 5. The summed E-state index contributed by atoms with van der Waals surface area (Å²) in [5.41, 5.74) is 1.63. The maximum atomic E-state index is 14.3. The Bertz CT molecular complexity index is 1510. The van der Waals surface area contributed by atoms with E-state index in [1.54, 1.807) is 11.1 Å². The smallest absolute Gasteiger partial charge is 0.418 e. The maximum Gasteiger partial charge on any atom is 0.418 e. The highest BCUT2D eigenvalue weighted by Crippen LogP contribution is 2.46. The van der Waals surface area contributed by atoms with E-state index in [9.17, 15) is 18.0 Å². The predicted molar refractivity (Wildman–Crippen MR) is 159 cm³/mol. The molecule has 3 aromatic rings. The van der Waals surface area contributed by atoms with Gasteiger partial charge in [-0.1, -0.05) is 17.7 Å². The van der Waals surface area contributed by atoms with Gasteiger partial charge in [-0.15, -0.1) is 0 Å². The van der Waals surface area contributed by atoms with Gasteiger partial charge in [0, 0.05) is 42.6 Å². The van der Waals surface area contributed by atoms with Crippen LogP contribution >= 0.6 is 11.6 Å². The molecule has 1 atom stereocenters. The van der Waals surface area contributed by atoms with Crippen LogP contribution in [0.1, 0.15) is 43.0 Å². The molecule has 2 N–H and O–H groups in total. The minimum Gasteiger partial charge on any atom is -0.483 e. The quantitative estimate of drug-likeness (QED) is 0.372. The molecule has 0 unspecified atom stereocenters. The molecule has 1 aromatic carbocycles. The molecule has 2 aromatic heterocycles. The molecular weight excluding hydrogens is 599 g/mol. The topological polar surface area (TPSA) is 108 Å². The van der Waals surface area contributed by atoms with Gasteiger partial charge in [0.15, 0.2) is 0 Å². The number of anilines is 1. The Kier molecular flexibility index (Phi) is 9.31. The first-order valence-corrected chi connectivity index (χ1v) is 14.8. The van der Waals surface area contributed by atoms with Gasteiger partial charge in [0.1, 0.15) is 0 Å². The van der Waals surface area contributed by atoms with Crippen LogP contribution in [-0.4, -0.2) is 71.2 Å². The van der Waals surface area contributed by atoms with Gasteiger partial charge in [-0.3, -0.25) is 14.6 Å². The largest absolute Gasteiger partial charge is 0.483 e. The molecule has 0 bridgehead atoms. The molecule has 2 fully saturated rings. The fourth-order valence-electron chi connectivity index (χ4n) is 6.49. The van der Waals surface area contributed by atoms with Gasteiger partial charge in [-0.2, -0.15) is 13.2 Å². The number of carboxylic acid groups (broad SMARTS) is 1. The Morgan fingerprint density at radius 1 is 1.20 bits per heavy atom. The van der Waals surface area contributed by atoms with Gasteiger partial charge in [0.2, 0.25) is 11.8 Å². The third-order valence-electron chi connectivity index (χ3n) is 8.51. The summed E-state index contributed by atoms with van der Waals surface area (Å²) in [6.07, 6.45) is -1.25. The molecule has 0 radical (unpaired) electrons. The van der Waals surface area contributed by atoms with Crippen LogP contribution in [0.2, 0.25) is 5.02 Å². The van der Waals surface area contributed by atoms with Crippen molar-refractivity contribution in [3.05, 3.63) is 70.5 Å². The van der Waals surface area contributed by atoms with E-state index in [0.29, 0.717) is 57.2 Å². The Hall–Kier alpha value is -3.90. The molecule has 0 saturated carbocycles. The number of carbonyl (C=O) groups excluding carboxylic acids is 1. The second-order valence-electron chi connectivity index (χ2n) is 10.9. The third-order valence-corrected chi connectivity index (χ3v) is 8.74. The van der Waals surface area contributed by atoms with E-state index in [0.717, 1.165) is 35.9 Å². The number of carbonyl (C=O) groups is 2. The summed E-state index contributed by atoms with van der Waals surface area (Å²) in [7, 11) is 0. The van der Waals surface area contributed by atoms with Crippen molar-refractivity contribution in [3.8, 4) is 17.1 Å². The summed E-state index contributed by atoms with van der Waals surface area (Å²) < 4.78 is 47.4. The first-order valence-electron chi connectivity index (χ1n) is 14.4. The van der Waals surface area contributed by atoms with E-state index in [1.807, 2.05) is 36.1 Å². The van der Waals surface area contributed by atoms with E-state index in [2.05, 4.69) is 10.3 Å². The third kappa shape index (κ3) is 6.05. The molecule has 1 spiro atoms. The number of pyridine rings is 2. The molecule has 2 saturated heterocycles. The van der Waals surface area contributed by atoms with E-state index in [1.165, 1.54) is 12.1 Å². The number of amides is 1. The number of fused-ring (bicyclic) bond motifs is 2. The van der Waals surface area contributed by atoms with Gasteiger partial charge in [-0.25, -0.2) is 4.98 Å². The number of benzene rings is 1. The average molecular weight is 632 g/mol. The number of hydrogen-bond acceptors (Lipinski definition) is 7. The number of ether oxygens (including phenoxy) is 1. The molecule has 9 nitrogen and oxygen atoms in total. The molecule has 234 valence electrons. The van der Waals surface area contributed by atoms with Crippen LogP contribution in [0.4, 0.5) is 18.9 Å². The van der Waals surface area contributed by atoms with Crippen molar-refractivity contribution in [1.29, 1.82) is 0 Å². The van der Waals surface area contributed by atoms with Crippen LogP contribution in [0.5, 0.6) is 5.88 Å². The van der Waals surface area contributed by atoms with Crippen molar-refractivity contribution in [1.82, 2.24) is 20.2 Å². The van der Waals surface area contributed by atoms with Crippen LogP contribution < -0.4 is 15.0 Å². The fourth-order valence-corrected chi connectivity index (χ4v) is 6.66. The lowest BCUT2D eigenvalue weighted by atomic mass is 9.68. The Morgan fingerprint density at radius 3 is 2.61 bits per heavy atom. The minimum atomic E-state index is -4.54. The Balaban J connectivity index is 0.00000123. The van der Waals surface area contributed by atoms with Gasteiger partial charge in [-0.05, 0) is 74.7 Å². The first kappa shape index (κ1) is 31.5. The van der Waals surface area contributed by atoms with Gasteiger partial charge < -0.3 is 25.0 Å². The molecule has 1 amide bonds. The maximum absolute atomic E-state index is 14.3. The van der Waals surface area contributed by atoms with Crippen molar-refractivity contribution >= 4 is 29.7 Å². The highest BCUT2D eigenvalue weighted by Gasteiger charge is 2.51. The number of halogens is 4. The lowest BCUT2D eigenvalue weighted by molar-refractivity contribution is -0.143. The van der Waals surface area contributed by atoms with Crippen LogP contribution in [0.15, 0.2) is 48.7 Å². The van der Waals surface area contributed by atoms with Crippen molar-refractivity contribution in [2.24, 2.45) is 0 Å². The second kappa shape index (κ2) is 13.0. The van der Waals surface area contributed by atoms with E-state index >= 15 is 0 Å². The lowest BCUT2D eigenvalue weighted by Crippen LogP contribution is -2.58. The summed E-state index contributed by atoms with van der Waals surface area (Å²) >= 11 is 5.92. The predicted octanol–water partition coefficient (Wildman–Crippen LogP) is 5.16. The number of hydrogen-bond donors (Lipinski definition) is 2. The molecule has 0 aliphatic carbocycles. The zero-order valence-electron chi connectivity index (χ0n) is 24.1. The summed E-state index contributed by atoms with van der Waals surface area (Å²) in [6, 6.07) is 11.5. The highest BCUT2D eigenvalue weighted by atomic mass is 35.5. The average Bonchev–Trinajstić information content (AvgIpc) is 3.55. The summed E-state index contributed by atoms with van der Waals surface area (Å²) in [5, 5.41) is 10.3. The lowest BCUT2D eigenvalue weighted by Gasteiger charge is -2.49. The van der Waals surface area contributed by atoms with Gasteiger partial charge >= 0.3 is 6.18 Å². The molecule has 44 heavy (non-hydrogen) atoms. The molecule has 6 rings (SSSR count). The van der Waals surface area contributed by atoms with Gasteiger partial charge in [0.25, 0.3) is 6.47 Å². The Labute approximate surface area is 258 Å². The highest BCUT2D eigenvalue weighted by molar-refractivity contribution is 6.30. The van der Waals surface area contributed by atoms with Crippen molar-refractivity contribution in [2.75, 3.05) is 37.7 Å². The first-order chi connectivity index (χ1) is 21.1. The van der Waals surface area contributed by atoms with Crippen molar-refractivity contribution < 1.29 is 32.6 Å². The number of nitrogens with one attached hydrogen (secondary N) is 1. The summed E-state index contributed by atoms with van der Waals surface area (Å²) in [5.74, 6) is 0.536. The SMILES string of the molecule is CCOc1ncccc1-c1ccc2c(n1)CN([C@H]1CCNC1)C(=O)C21CCN(c2ccc(Cl)cc2C(F)(F)F)CC1.O=CO. The van der Waals surface area contributed by atoms with Crippen LogP contribution in [-0.2, 0) is 27.7 Å².